The molecule has 0 radical (unpaired) electrons. The summed E-state index contributed by atoms with van der Waals surface area (Å²) in [7, 11) is 0. The Bertz CT molecular complexity index is 530. The number of Topliss-reactive ketones (excluding diaryl/α,β-unsaturated/α-hetero) is 2. The first-order valence-electron chi connectivity index (χ1n) is 4.33. The molecular weight excluding hydrogens is 276 g/mol. The van der Waals surface area contributed by atoms with Crippen LogP contribution >= 0.6 is 27.3 Å². The summed E-state index contributed by atoms with van der Waals surface area (Å²) in [5.74, 6) is -0.817. The van der Waals surface area contributed by atoms with Crippen LogP contribution in [0, 0.1) is 0 Å². The zero-order valence-corrected chi connectivity index (χ0v) is 10.1. The summed E-state index contributed by atoms with van der Waals surface area (Å²) in [6.45, 7) is 0. The van der Waals surface area contributed by atoms with Crippen LogP contribution in [0.2, 0.25) is 0 Å². The highest BCUT2D eigenvalue weighted by Gasteiger charge is 2.18. The molecule has 4 heteroatoms. The number of ketones is 2. The average Bonchev–Trinajstić information content (AvgIpc) is 2.70. The topological polar surface area (TPSA) is 34.1 Å². The van der Waals surface area contributed by atoms with Gasteiger partial charge in [0.15, 0.2) is 0 Å². The Labute approximate surface area is 99.0 Å². The first-order chi connectivity index (χ1) is 7.24. The molecule has 0 bridgehead atoms. The largest absolute Gasteiger partial charge is 0.290 e. The molecule has 0 saturated heterocycles. The van der Waals surface area contributed by atoms with Crippen LogP contribution in [-0.4, -0.2) is 16.9 Å². The molecule has 2 aromatic rings. The van der Waals surface area contributed by atoms with E-state index < -0.39 is 11.6 Å². The molecule has 0 spiro atoms. The molecular formula is C11H7BrO2S. The lowest BCUT2D eigenvalue weighted by Gasteiger charge is -1.95. The van der Waals surface area contributed by atoms with Crippen molar-refractivity contribution in [2.45, 2.75) is 0 Å². The van der Waals surface area contributed by atoms with Crippen molar-refractivity contribution >= 4 is 48.9 Å². The van der Waals surface area contributed by atoms with Gasteiger partial charge in [-0.2, -0.15) is 0 Å². The normalized spacial score (nSPS) is 10.5. The number of carbonyl (C=O) groups excluding carboxylic acids is 2. The van der Waals surface area contributed by atoms with Gasteiger partial charge in [-0.1, -0.05) is 34.1 Å². The van der Waals surface area contributed by atoms with Gasteiger partial charge < -0.3 is 0 Å². The Morgan fingerprint density at radius 3 is 2.73 bits per heavy atom. The van der Waals surface area contributed by atoms with E-state index in [0.29, 0.717) is 5.56 Å². The lowest BCUT2D eigenvalue weighted by Crippen LogP contribution is -2.14. The fourth-order valence-corrected chi connectivity index (χ4v) is 2.56. The van der Waals surface area contributed by atoms with Gasteiger partial charge >= 0.3 is 0 Å². The molecule has 2 rings (SSSR count). The Hall–Kier alpha value is -1.00. The molecule has 0 aliphatic carbocycles. The maximum Gasteiger partial charge on any atom is 0.230 e. The zero-order chi connectivity index (χ0) is 10.8. The van der Waals surface area contributed by atoms with Gasteiger partial charge in [-0.15, -0.1) is 11.3 Å². The second-order valence-electron chi connectivity index (χ2n) is 3.03. The average molecular weight is 283 g/mol. The molecule has 0 unspecified atom stereocenters. The van der Waals surface area contributed by atoms with Crippen molar-refractivity contribution in [2.24, 2.45) is 0 Å². The van der Waals surface area contributed by atoms with E-state index in [2.05, 4.69) is 15.9 Å². The van der Waals surface area contributed by atoms with Crippen molar-refractivity contribution in [3.05, 3.63) is 35.2 Å². The highest BCUT2D eigenvalue weighted by molar-refractivity contribution is 9.09. The molecule has 0 atom stereocenters. The van der Waals surface area contributed by atoms with E-state index in [1.165, 1.54) is 11.3 Å². The van der Waals surface area contributed by atoms with Crippen LogP contribution in [0.5, 0.6) is 0 Å². The smallest absolute Gasteiger partial charge is 0.230 e. The Balaban J connectivity index is 2.53. The van der Waals surface area contributed by atoms with Crippen LogP contribution in [-0.2, 0) is 4.79 Å². The van der Waals surface area contributed by atoms with E-state index in [0.717, 1.165) is 10.1 Å². The van der Waals surface area contributed by atoms with Gasteiger partial charge in [-0.25, -0.2) is 0 Å². The number of thiophene rings is 1. The minimum atomic E-state index is -0.413. The van der Waals surface area contributed by atoms with Gasteiger partial charge in [0, 0.05) is 21.0 Å². The molecule has 0 aliphatic rings. The molecule has 1 heterocycles. The van der Waals surface area contributed by atoms with E-state index in [4.69, 9.17) is 0 Å². The Morgan fingerprint density at radius 1 is 1.27 bits per heavy atom. The second-order valence-corrected chi connectivity index (χ2v) is 4.50. The maximum absolute atomic E-state index is 11.7. The van der Waals surface area contributed by atoms with Gasteiger partial charge in [0.2, 0.25) is 11.6 Å². The summed E-state index contributed by atoms with van der Waals surface area (Å²) in [5, 5.41) is 2.69. The number of halogens is 1. The van der Waals surface area contributed by atoms with E-state index in [1.54, 1.807) is 5.38 Å². The summed E-state index contributed by atoms with van der Waals surface area (Å²) in [5.41, 5.74) is 0.514. The van der Waals surface area contributed by atoms with Gasteiger partial charge in [-0.05, 0) is 6.07 Å². The van der Waals surface area contributed by atoms with E-state index in [9.17, 15) is 9.59 Å². The van der Waals surface area contributed by atoms with Crippen LogP contribution in [0.4, 0.5) is 0 Å². The van der Waals surface area contributed by atoms with Crippen molar-refractivity contribution < 1.29 is 9.59 Å². The number of alkyl halides is 1. The minimum Gasteiger partial charge on any atom is -0.290 e. The molecule has 1 aromatic carbocycles. The predicted octanol–water partition coefficient (Wildman–Crippen LogP) is 3.05. The predicted molar refractivity (Wildman–Crippen MR) is 65.0 cm³/mol. The summed E-state index contributed by atoms with van der Waals surface area (Å²) in [6.07, 6.45) is 0. The number of hydrogen-bond acceptors (Lipinski definition) is 3. The SMILES string of the molecule is O=C(CBr)C(=O)c1csc2ccccc12. The zero-order valence-electron chi connectivity index (χ0n) is 7.70. The van der Waals surface area contributed by atoms with Crippen molar-refractivity contribution in [2.75, 3.05) is 5.33 Å². The summed E-state index contributed by atoms with van der Waals surface area (Å²) >= 11 is 4.48. The number of benzene rings is 1. The quantitative estimate of drug-likeness (QED) is 0.493. The third kappa shape index (κ3) is 1.87. The first-order valence-corrected chi connectivity index (χ1v) is 6.34. The van der Waals surface area contributed by atoms with Gasteiger partial charge in [0.05, 0.1) is 5.33 Å². The second kappa shape index (κ2) is 4.24. The van der Waals surface area contributed by atoms with Crippen LogP contribution < -0.4 is 0 Å². The fourth-order valence-electron chi connectivity index (χ4n) is 1.36. The van der Waals surface area contributed by atoms with Gasteiger partial charge in [-0.3, -0.25) is 9.59 Å². The molecule has 76 valence electrons. The number of hydrogen-bond donors (Lipinski definition) is 0. The van der Waals surface area contributed by atoms with Gasteiger partial charge in [0.25, 0.3) is 0 Å². The minimum absolute atomic E-state index is 0.0794. The van der Waals surface area contributed by atoms with E-state index >= 15 is 0 Å². The molecule has 0 fully saturated rings. The molecule has 2 nitrogen and oxygen atoms in total. The molecule has 15 heavy (non-hydrogen) atoms. The van der Waals surface area contributed by atoms with Crippen LogP contribution in [0.15, 0.2) is 29.6 Å². The molecule has 0 saturated carbocycles. The number of rotatable bonds is 3. The molecule has 0 amide bonds. The fraction of sp³-hybridized carbons (Fsp3) is 0.0909. The monoisotopic (exact) mass is 282 g/mol. The highest BCUT2D eigenvalue weighted by atomic mass is 79.9. The maximum atomic E-state index is 11.7. The van der Waals surface area contributed by atoms with Crippen LogP contribution in [0.25, 0.3) is 10.1 Å². The lowest BCUT2D eigenvalue weighted by molar-refractivity contribution is -0.112. The molecule has 0 N–H and O–H groups in total. The highest BCUT2D eigenvalue weighted by Crippen LogP contribution is 2.26. The Morgan fingerprint density at radius 2 is 2.00 bits per heavy atom. The van der Waals surface area contributed by atoms with Crippen molar-refractivity contribution in [1.29, 1.82) is 0 Å². The van der Waals surface area contributed by atoms with E-state index in [1.807, 2.05) is 24.3 Å². The Kier molecular flexibility index (Phi) is 2.98. The van der Waals surface area contributed by atoms with Crippen molar-refractivity contribution in [3.8, 4) is 0 Å². The lowest BCUT2D eigenvalue weighted by atomic mass is 10.1. The number of carbonyl (C=O) groups is 2. The number of fused-ring (bicyclic) bond motifs is 1. The van der Waals surface area contributed by atoms with Gasteiger partial charge in [0.1, 0.15) is 0 Å². The summed E-state index contributed by atoms with van der Waals surface area (Å²) in [6, 6.07) is 7.58. The third-order valence-electron chi connectivity index (χ3n) is 2.10. The molecule has 0 aliphatic heterocycles. The van der Waals surface area contributed by atoms with Crippen molar-refractivity contribution in [3.63, 3.8) is 0 Å². The summed E-state index contributed by atoms with van der Waals surface area (Å²) in [4.78, 5) is 22.9. The summed E-state index contributed by atoms with van der Waals surface area (Å²) < 4.78 is 1.03. The standard InChI is InChI=1S/C11H7BrO2S/c12-5-9(13)11(14)8-6-15-10-4-2-1-3-7(8)10/h1-4,6H,5H2. The van der Waals surface area contributed by atoms with Crippen LogP contribution in [0.1, 0.15) is 10.4 Å². The van der Waals surface area contributed by atoms with Crippen molar-refractivity contribution in [1.82, 2.24) is 0 Å². The molecule has 1 aromatic heterocycles. The van der Waals surface area contributed by atoms with Crippen LogP contribution in [0.3, 0.4) is 0 Å². The third-order valence-corrected chi connectivity index (χ3v) is 3.57. The first kappa shape index (κ1) is 10.5. The van der Waals surface area contributed by atoms with E-state index in [-0.39, 0.29) is 5.33 Å².